The summed E-state index contributed by atoms with van der Waals surface area (Å²) in [6.45, 7) is 4.12. The summed E-state index contributed by atoms with van der Waals surface area (Å²) in [4.78, 5) is 11.5. The van der Waals surface area contributed by atoms with Gasteiger partial charge < -0.3 is 5.11 Å². The molecule has 0 fully saturated rings. The van der Waals surface area contributed by atoms with Crippen molar-refractivity contribution in [3.8, 4) is 11.3 Å². The molecule has 0 aliphatic heterocycles. The summed E-state index contributed by atoms with van der Waals surface area (Å²) >= 11 is 12.2. The smallest absolute Gasteiger partial charge is 0.356 e. The van der Waals surface area contributed by atoms with E-state index in [9.17, 15) is 9.90 Å². The molecule has 3 rings (SSSR count). The lowest BCUT2D eigenvalue weighted by molar-refractivity contribution is 0.0688. The zero-order chi connectivity index (χ0) is 18.1. The number of benzene rings is 2. The Balaban J connectivity index is 0.00000243. The van der Waals surface area contributed by atoms with Crippen LogP contribution in [0, 0.1) is 13.8 Å². The first-order valence-electron chi connectivity index (χ1n) is 7.68. The topological polar surface area (TPSA) is 55.1 Å². The molecule has 0 atom stereocenters. The Bertz CT molecular complexity index is 950. The molecular weight excluding hydrogens is 395 g/mol. The van der Waals surface area contributed by atoms with Crippen LogP contribution in [0.15, 0.2) is 42.5 Å². The van der Waals surface area contributed by atoms with Crippen molar-refractivity contribution in [3.05, 3.63) is 74.9 Å². The molecule has 26 heavy (non-hydrogen) atoms. The number of rotatable bonds is 4. The van der Waals surface area contributed by atoms with Crippen LogP contribution in [0.4, 0.5) is 0 Å². The number of carboxylic acids is 1. The fourth-order valence-electron chi connectivity index (χ4n) is 2.75. The highest BCUT2D eigenvalue weighted by atomic mass is 35.5. The fraction of sp³-hybridized carbons (Fsp3) is 0.158. The summed E-state index contributed by atoms with van der Waals surface area (Å²) in [6, 6.07) is 13.0. The minimum Gasteiger partial charge on any atom is -0.476 e. The van der Waals surface area contributed by atoms with Gasteiger partial charge in [0, 0.05) is 21.2 Å². The third-order valence-corrected chi connectivity index (χ3v) is 4.74. The largest absolute Gasteiger partial charge is 0.476 e. The molecule has 0 unspecified atom stereocenters. The van der Waals surface area contributed by atoms with Crippen LogP contribution >= 0.6 is 35.6 Å². The zero-order valence-electron chi connectivity index (χ0n) is 14.2. The first-order valence-corrected chi connectivity index (χ1v) is 8.44. The molecule has 1 N–H and O–H groups in total. The summed E-state index contributed by atoms with van der Waals surface area (Å²) in [6.07, 6.45) is 0. The first kappa shape index (κ1) is 20.3. The van der Waals surface area contributed by atoms with Crippen molar-refractivity contribution in [2.45, 2.75) is 20.4 Å². The number of hydrogen-bond donors (Lipinski definition) is 1. The van der Waals surface area contributed by atoms with Crippen molar-refractivity contribution in [1.29, 1.82) is 0 Å². The Morgan fingerprint density at radius 3 is 2.35 bits per heavy atom. The highest BCUT2D eigenvalue weighted by molar-refractivity contribution is 6.31. The average Bonchev–Trinajstić information content (AvgIpc) is 2.88. The molecule has 2 aromatic carbocycles. The predicted octanol–water partition coefficient (Wildman–Crippen LogP) is 5.64. The second-order valence-corrected chi connectivity index (χ2v) is 6.72. The molecule has 4 nitrogen and oxygen atoms in total. The van der Waals surface area contributed by atoms with Gasteiger partial charge in [-0.1, -0.05) is 47.5 Å². The normalized spacial score (nSPS) is 10.5. The van der Waals surface area contributed by atoms with Gasteiger partial charge in [0.05, 0.1) is 12.2 Å². The lowest BCUT2D eigenvalue weighted by Crippen LogP contribution is -2.06. The molecule has 0 aliphatic carbocycles. The number of carbonyl (C=O) groups is 1. The lowest BCUT2D eigenvalue weighted by Gasteiger charge is -2.10. The second kappa shape index (κ2) is 8.12. The number of nitrogens with zero attached hydrogens (tertiary/aromatic N) is 2. The summed E-state index contributed by atoms with van der Waals surface area (Å²) in [5.41, 5.74) is 4.22. The highest BCUT2D eigenvalue weighted by Crippen LogP contribution is 2.28. The maximum Gasteiger partial charge on any atom is 0.356 e. The van der Waals surface area contributed by atoms with E-state index in [1.165, 1.54) is 0 Å². The second-order valence-electron chi connectivity index (χ2n) is 5.88. The van der Waals surface area contributed by atoms with Crippen LogP contribution < -0.4 is 0 Å². The summed E-state index contributed by atoms with van der Waals surface area (Å²) in [5, 5.41) is 15.0. The van der Waals surface area contributed by atoms with Crippen LogP contribution in [-0.2, 0) is 6.54 Å². The maximum absolute atomic E-state index is 11.5. The molecule has 7 heteroatoms. The van der Waals surface area contributed by atoms with Gasteiger partial charge in [-0.2, -0.15) is 5.10 Å². The molecule has 1 aromatic heterocycles. The molecule has 3 aromatic rings. The number of aryl methyl sites for hydroxylation is 1. The van der Waals surface area contributed by atoms with Gasteiger partial charge in [0.15, 0.2) is 5.69 Å². The van der Waals surface area contributed by atoms with E-state index >= 15 is 0 Å². The van der Waals surface area contributed by atoms with E-state index in [-0.39, 0.29) is 18.1 Å². The molecular formula is C19H17Cl3N2O2. The third-order valence-electron chi connectivity index (χ3n) is 4.08. The highest BCUT2D eigenvalue weighted by Gasteiger charge is 2.20. The molecule has 0 saturated heterocycles. The van der Waals surface area contributed by atoms with Gasteiger partial charge in [0.1, 0.15) is 0 Å². The van der Waals surface area contributed by atoms with Crippen molar-refractivity contribution < 1.29 is 9.90 Å². The molecule has 136 valence electrons. The van der Waals surface area contributed by atoms with Crippen LogP contribution in [0.5, 0.6) is 0 Å². The summed E-state index contributed by atoms with van der Waals surface area (Å²) < 4.78 is 1.70. The number of halogens is 3. The quantitative estimate of drug-likeness (QED) is 0.604. The van der Waals surface area contributed by atoms with Crippen molar-refractivity contribution in [2.75, 3.05) is 0 Å². The van der Waals surface area contributed by atoms with Crippen molar-refractivity contribution >= 4 is 41.6 Å². The van der Waals surface area contributed by atoms with Crippen molar-refractivity contribution in [3.63, 3.8) is 0 Å². The Morgan fingerprint density at radius 1 is 1.12 bits per heavy atom. The van der Waals surface area contributed by atoms with Gasteiger partial charge in [-0.3, -0.25) is 4.68 Å². The molecule has 0 bridgehead atoms. The average molecular weight is 412 g/mol. The summed E-state index contributed by atoms with van der Waals surface area (Å²) in [7, 11) is 0. The number of aromatic carboxylic acids is 1. The van der Waals surface area contributed by atoms with E-state index < -0.39 is 5.97 Å². The van der Waals surface area contributed by atoms with Crippen LogP contribution in [0.2, 0.25) is 10.0 Å². The van der Waals surface area contributed by atoms with Gasteiger partial charge in [-0.05, 0) is 43.2 Å². The molecule has 0 spiro atoms. The van der Waals surface area contributed by atoms with Crippen LogP contribution in [-0.4, -0.2) is 20.9 Å². The van der Waals surface area contributed by atoms with Crippen LogP contribution in [0.25, 0.3) is 11.3 Å². The minimum absolute atomic E-state index is 0. The Kier molecular flexibility index (Phi) is 6.34. The van der Waals surface area contributed by atoms with Gasteiger partial charge >= 0.3 is 5.97 Å². The Labute approximate surface area is 167 Å². The standard InChI is InChI=1S/C19H16Cl2N2O2.ClH/c1-11-3-4-13(9-16(11)21)10-23-18(12(2)17(22-23)19(24)25)14-5-7-15(20)8-6-14;/h3-9H,10H2,1-2H3,(H,24,25);1H. The van der Waals surface area contributed by atoms with Gasteiger partial charge in [-0.15, -0.1) is 12.4 Å². The predicted molar refractivity (Wildman–Crippen MR) is 107 cm³/mol. The maximum atomic E-state index is 11.5. The van der Waals surface area contributed by atoms with E-state index in [0.717, 1.165) is 22.4 Å². The van der Waals surface area contributed by atoms with E-state index in [2.05, 4.69) is 5.10 Å². The summed E-state index contributed by atoms with van der Waals surface area (Å²) in [5.74, 6) is -1.05. The van der Waals surface area contributed by atoms with Gasteiger partial charge in [-0.25, -0.2) is 4.79 Å². The molecule has 0 amide bonds. The van der Waals surface area contributed by atoms with E-state index in [4.69, 9.17) is 23.2 Å². The van der Waals surface area contributed by atoms with E-state index in [0.29, 0.717) is 22.2 Å². The number of carboxylic acid groups (broad SMARTS) is 1. The van der Waals surface area contributed by atoms with Crippen molar-refractivity contribution in [2.24, 2.45) is 0 Å². The van der Waals surface area contributed by atoms with E-state index in [1.54, 1.807) is 23.7 Å². The monoisotopic (exact) mass is 410 g/mol. The van der Waals surface area contributed by atoms with Gasteiger partial charge in [0.25, 0.3) is 0 Å². The van der Waals surface area contributed by atoms with Gasteiger partial charge in [0.2, 0.25) is 0 Å². The minimum atomic E-state index is -1.05. The molecule has 1 heterocycles. The SMILES string of the molecule is Cc1ccc(Cn2nc(C(=O)O)c(C)c2-c2ccc(Cl)cc2)cc1Cl.Cl. The Hall–Kier alpha value is -2.01. The zero-order valence-corrected chi connectivity index (χ0v) is 16.5. The molecule has 0 saturated carbocycles. The Morgan fingerprint density at radius 2 is 1.77 bits per heavy atom. The number of aromatic nitrogens is 2. The lowest BCUT2D eigenvalue weighted by atomic mass is 10.1. The van der Waals surface area contributed by atoms with Crippen molar-refractivity contribution in [1.82, 2.24) is 9.78 Å². The first-order chi connectivity index (χ1) is 11.9. The van der Waals surface area contributed by atoms with E-state index in [1.807, 2.05) is 37.3 Å². The molecule has 0 radical (unpaired) electrons. The number of hydrogen-bond acceptors (Lipinski definition) is 2. The van der Waals surface area contributed by atoms with Crippen LogP contribution in [0.3, 0.4) is 0 Å². The fourth-order valence-corrected chi connectivity index (χ4v) is 3.08. The molecule has 0 aliphatic rings. The van der Waals surface area contributed by atoms with Crippen LogP contribution in [0.1, 0.15) is 27.2 Å². The third kappa shape index (κ3) is 4.04.